The third-order valence-corrected chi connectivity index (χ3v) is 9.37. The van der Waals surface area contributed by atoms with Crippen molar-refractivity contribution in [1.82, 2.24) is 4.90 Å². The van der Waals surface area contributed by atoms with Crippen molar-refractivity contribution in [1.29, 1.82) is 0 Å². The molecule has 0 saturated heterocycles. The van der Waals surface area contributed by atoms with E-state index in [1.54, 1.807) is 0 Å². The molecule has 4 fully saturated rings. The molecule has 7 atom stereocenters. The molecule has 0 heterocycles. The lowest BCUT2D eigenvalue weighted by molar-refractivity contribution is -0.117. The summed E-state index contributed by atoms with van der Waals surface area (Å²) in [7, 11) is 4.52. The van der Waals surface area contributed by atoms with E-state index in [9.17, 15) is 4.79 Å². The Morgan fingerprint density at radius 1 is 1.04 bits per heavy atom. The van der Waals surface area contributed by atoms with Crippen LogP contribution in [-0.2, 0) is 4.79 Å². The molecular weight excluding hydrogens is 306 g/mol. The van der Waals surface area contributed by atoms with Crippen molar-refractivity contribution < 1.29 is 4.79 Å². The monoisotopic (exact) mass is 343 g/mol. The standard InChI is InChI=1S/C23H37NO/c1-6-18-21(25)14-20-17-8-7-15-13-16(24(4)5)9-11-22(15,2)19(17)10-12-23(18,20)3/h6,15-17,19-20H,7-14H2,1-5H3/b18-6-/t15?,16-,17-,19+,20+,22+,23-/m1/s1. The molecular formula is C23H37NO. The van der Waals surface area contributed by atoms with Gasteiger partial charge in [-0.3, -0.25) is 4.79 Å². The van der Waals surface area contributed by atoms with Crippen LogP contribution in [0.15, 0.2) is 11.6 Å². The van der Waals surface area contributed by atoms with Gasteiger partial charge in [-0.2, -0.15) is 0 Å². The second kappa shape index (κ2) is 5.94. The minimum absolute atomic E-state index is 0.178. The molecule has 0 aliphatic heterocycles. The van der Waals surface area contributed by atoms with Crippen molar-refractivity contribution in [3.8, 4) is 0 Å². The first-order valence-electron chi connectivity index (χ1n) is 10.7. The Kier molecular flexibility index (Phi) is 4.22. The second-order valence-corrected chi connectivity index (χ2v) is 10.3. The van der Waals surface area contributed by atoms with Gasteiger partial charge in [-0.15, -0.1) is 0 Å². The maximum absolute atomic E-state index is 12.7. The topological polar surface area (TPSA) is 20.3 Å². The summed E-state index contributed by atoms with van der Waals surface area (Å²) in [6, 6.07) is 0.783. The summed E-state index contributed by atoms with van der Waals surface area (Å²) in [6.45, 7) is 7.11. The molecule has 2 heteroatoms. The highest BCUT2D eigenvalue weighted by atomic mass is 16.1. The van der Waals surface area contributed by atoms with Crippen LogP contribution in [0.25, 0.3) is 0 Å². The van der Waals surface area contributed by atoms with Crippen LogP contribution < -0.4 is 0 Å². The summed E-state index contributed by atoms with van der Waals surface area (Å²) in [4.78, 5) is 15.1. The van der Waals surface area contributed by atoms with Crippen LogP contribution in [0.5, 0.6) is 0 Å². The van der Waals surface area contributed by atoms with Gasteiger partial charge in [0.25, 0.3) is 0 Å². The van der Waals surface area contributed by atoms with Crippen molar-refractivity contribution in [2.75, 3.05) is 14.1 Å². The van der Waals surface area contributed by atoms with Gasteiger partial charge < -0.3 is 4.90 Å². The summed E-state index contributed by atoms with van der Waals surface area (Å²) in [5.41, 5.74) is 1.87. The fourth-order valence-electron chi connectivity index (χ4n) is 7.85. The highest BCUT2D eigenvalue weighted by Crippen LogP contribution is 2.66. The predicted molar refractivity (Wildman–Crippen MR) is 103 cm³/mol. The fraction of sp³-hybridized carbons (Fsp3) is 0.870. The van der Waals surface area contributed by atoms with Gasteiger partial charge in [0, 0.05) is 12.5 Å². The molecule has 2 nitrogen and oxygen atoms in total. The zero-order valence-electron chi connectivity index (χ0n) is 17.0. The van der Waals surface area contributed by atoms with E-state index in [4.69, 9.17) is 0 Å². The number of nitrogens with zero attached hydrogens (tertiary/aromatic N) is 1. The van der Waals surface area contributed by atoms with E-state index in [1.165, 1.54) is 50.5 Å². The average Bonchev–Trinajstić information content (AvgIpc) is 2.83. The van der Waals surface area contributed by atoms with Crippen molar-refractivity contribution in [2.45, 2.75) is 78.2 Å². The van der Waals surface area contributed by atoms with Gasteiger partial charge in [0.15, 0.2) is 5.78 Å². The predicted octanol–water partition coefficient (Wildman–Crippen LogP) is 5.08. The van der Waals surface area contributed by atoms with Crippen LogP contribution in [0.4, 0.5) is 0 Å². The molecule has 0 aromatic carbocycles. The van der Waals surface area contributed by atoms with E-state index in [-0.39, 0.29) is 5.41 Å². The number of rotatable bonds is 1. The van der Waals surface area contributed by atoms with E-state index in [0.717, 1.165) is 30.2 Å². The van der Waals surface area contributed by atoms with Gasteiger partial charge in [0.1, 0.15) is 0 Å². The maximum Gasteiger partial charge on any atom is 0.159 e. The Hall–Kier alpha value is -0.630. The van der Waals surface area contributed by atoms with Crippen molar-refractivity contribution in [3.05, 3.63) is 11.6 Å². The zero-order chi connectivity index (χ0) is 18.0. The van der Waals surface area contributed by atoms with E-state index in [1.807, 2.05) is 0 Å². The molecule has 0 radical (unpaired) electrons. The Bertz CT molecular complexity index is 593. The zero-order valence-corrected chi connectivity index (χ0v) is 17.0. The molecule has 1 unspecified atom stereocenters. The minimum Gasteiger partial charge on any atom is -0.306 e. The number of carbonyl (C=O) groups is 1. The Labute approximate surface area is 154 Å². The Morgan fingerprint density at radius 3 is 2.48 bits per heavy atom. The summed E-state index contributed by atoms with van der Waals surface area (Å²) in [5.74, 6) is 3.62. The molecule has 4 saturated carbocycles. The Morgan fingerprint density at radius 2 is 1.80 bits per heavy atom. The lowest BCUT2D eigenvalue weighted by atomic mass is 9.45. The summed E-state index contributed by atoms with van der Waals surface area (Å²) < 4.78 is 0. The van der Waals surface area contributed by atoms with Gasteiger partial charge in [-0.25, -0.2) is 0 Å². The SMILES string of the molecule is C/C=C1/C(=O)C[C@H]2[C@@H]3CCC4C[C@H](N(C)C)CC[C@]4(C)[C@H]3CC[C@]12C. The third-order valence-electron chi connectivity index (χ3n) is 9.37. The van der Waals surface area contributed by atoms with Crippen LogP contribution in [0, 0.1) is 34.5 Å². The summed E-state index contributed by atoms with van der Waals surface area (Å²) >= 11 is 0. The molecule has 0 aromatic rings. The molecule has 0 aromatic heterocycles. The number of ketones is 1. The molecule has 0 N–H and O–H groups in total. The smallest absolute Gasteiger partial charge is 0.159 e. The first-order chi connectivity index (χ1) is 11.8. The number of allylic oxidation sites excluding steroid dienone is 2. The minimum atomic E-state index is 0.178. The molecule has 140 valence electrons. The van der Waals surface area contributed by atoms with E-state index in [2.05, 4.69) is 45.8 Å². The van der Waals surface area contributed by atoms with Gasteiger partial charge in [-0.1, -0.05) is 19.9 Å². The molecule has 0 amide bonds. The first kappa shape index (κ1) is 17.8. The van der Waals surface area contributed by atoms with Crippen molar-refractivity contribution in [2.24, 2.45) is 34.5 Å². The van der Waals surface area contributed by atoms with Gasteiger partial charge >= 0.3 is 0 Å². The van der Waals surface area contributed by atoms with E-state index >= 15 is 0 Å². The lowest BCUT2D eigenvalue weighted by Gasteiger charge is -2.61. The molecule has 25 heavy (non-hydrogen) atoms. The number of carbonyl (C=O) groups excluding carboxylic acids is 1. The van der Waals surface area contributed by atoms with E-state index in [0.29, 0.717) is 17.1 Å². The third kappa shape index (κ3) is 2.42. The molecule has 0 spiro atoms. The quantitative estimate of drug-likeness (QED) is 0.618. The molecule has 4 aliphatic carbocycles. The highest BCUT2D eigenvalue weighted by Gasteiger charge is 2.60. The number of Topliss-reactive ketones (excluding diaryl/α,β-unsaturated/α-hetero) is 1. The number of hydrogen-bond acceptors (Lipinski definition) is 2. The van der Waals surface area contributed by atoms with Gasteiger partial charge in [0.2, 0.25) is 0 Å². The summed E-state index contributed by atoms with van der Waals surface area (Å²) in [6.07, 6.45) is 12.5. The number of fused-ring (bicyclic) bond motifs is 5. The maximum atomic E-state index is 12.7. The van der Waals surface area contributed by atoms with E-state index < -0.39 is 0 Å². The second-order valence-electron chi connectivity index (χ2n) is 10.3. The molecule has 4 aliphatic rings. The average molecular weight is 344 g/mol. The Balaban J connectivity index is 1.61. The number of hydrogen-bond donors (Lipinski definition) is 0. The van der Waals surface area contributed by atoms with Crippen molar-refractivity contribution >= 4 is 5.78 Å². The summed E-state index contributed by atoms with van der Waals surface area (Å²) in [5, 5.41) is 0. The lowest BCUT2D eigenvalue weighted by Crippen LogP contribution is -2.54. The first-order valence-corrected chi connectivity index (χ1v) is 10.7. The van der Waals surface area contributed by atoms with Crippen LogP contribution in [0.3, 0.4) is 0 Å². The van der Waals surface area contributed by atoms with Crippen LogP contribution in [0.2, 0.25) is 0 Å². The van der Waals surface area contributed by atoms with Crippen LogP contribution in [0.1, 0.15) is 72.1 Å². The van der Waals surface area contributed by atoms with Gasteiger partial charge in [0.05, 0.1) is 0 Å². The molecule has 4 rings (SSSR count). The highest BCUT2D eigenvalue weighted by molar-refractivity contribution is 5.99. The largest absolute Gasteiger partial charge is 0.306 e. The van der Waals surface area contributed by atoms with Gasteiger partial charge in [-0.05, 0) is 106 Å². The normalized spacial score (nSPS) is 51.4. The van der Waals surface area contributed by atoms with Crippen molar-refractivity contribution in [3.63, 3.8) is 0 Å². The van der Waals surface area contributed by atoms with Crippen LogP contribution >= 0.6 is 0 Å². The molecule has 0 bridgehead atoms. The van der Waals surface area contributed by atoms with Crippen LogP contribution in [-0.4, -0.2) is 30.8 Å². The fourth-order valence-corrected chi connectivity index (χ4v) is 7.85.